The molecule has 0 spiro atoms. The number of carboxylic acid groups (broad SMARTS) is 1. The molecule has 0 aromatic rings. The summed E-state index contributed by atoms with van der Waals surface area (Å²) >= 11 is 0. The highest BCUT2D eigenvalue weighted by Crippen LogP contribution is 2.00. The normalized spacial score (nSPS) is 13.1. The van der Waals surface area contributed by atoms with Crippen LogP contribution in [0, 0.1) is 0 Å². The smallest absolute Gasteiger partial charge is 0.321 e. The largest absolute Gasteiger partial charge is 0.480 e. The molecule has 0 rings (SSSR count). The van der Waals surface area contributed by atoms with Crippen LogP contribution in [0.25, 0.3) is 0 Å². The predicted molar refractivity (Wildman–Crippen MR) is 53.8 cm³/mol. The van der Waals surface area contributed by atoms with Gasteiger partial charge in [-0.1, -0.05) is 0 Å². The van der Waals surface area contributed by atoms with Crippen LogP contribution in [0.1, 0.15) is 12.8 Å². The number of hydrogen-bond donors (Lipinski definition) is 3. The van der Waals surface area contributed by atoms with Gasteiger partial charge in [0, 0.05) is 13.5 Å². The first-order chi connectivity index (χ1) is 7.32. The van der Waals surface area contributed by atoms with Crippen LogP contribution in [-0.2, 0) is 24.5 Å². The Morgan fingerprint density at radius 3 is 2.38 bits per heavy atom. The molecule has 1 unspecified atom stereocenters. The molecule has 0 aromatic heterocycles. The standard InChI is InChI=1S/C7H14N2O6S/c1-8-16(13,14)9-5(7(11)12)3-4-6(10)15-2/h5,8-9H,3-4H2,1-2H3,(H,11,12). The first-order valence-electron chi connectivity index (χ1n) is 4.32. The Balaban J connectivity index is 4.41. The van der Waals surface area contributed by atoms with E-state index < -0.39 is 28.2 Å². The molecule has 1 atom stereocenters. The monoisotopic (exact) mass is 254 g/mol. The molecule has 0 radical (unpaired) electrons. The summed E-state index contributed by atoms with van der Waals surface area (Å²) in [5, 5.41) is 8.71. The molecule has 16 heavy (non-hydrogen) atoms. The molecular weight excluding hydrogens is 240 g/mol. The Kier molecular flexibility index (Phi) is 5.93. The van der Waals surface area contributed by atoms with Gasteiger partial charge in [0.2, 0.25) is 0 Å². The highest BCUT2D eigenvalue weighted by molar-refractivity contribution is 7.87. The van der Waals surface area contributed by atoms with Crippen molar-refractivity contribution in [3.63, 3.8) is 0 Å². The summed E-state index contributed by atoms with van der Waals surface area (Å²) in [4.78, 5) is 21.5. The third-order valence-electron chi connectivity index (χ3n) is 1.73. The minimum absolute atomic E-state index is 0.178. The van der Waals surface area contributed by atoms with Gasteiger partial charge in [0.05, 0.1) is 7.11 Å². The van der Waals surface area contributed by atoms with Gasteiger partial charge in [0.15, 0.2) is 0 Å². The zero-order valence-electron chi connectivity index (χ0n) is 8.89. The van der Waals surface area contributed by atoms with Crippen molar-refractivity contribution in [3.05, 3.63) is 0 Å². The Bertz CT molecular complexity index is 352. The van der Waals surface area contributed by atoms with Crippen LogP contribution in [0.4, 0.5) is 0 Å². The van der Waals surface area contributed by atoms with Crippen molar-refractivity contribution >= 4 is 22.1 Å². The molecule has 94 valence electrons. The fraction of sp³-hybridized carbons (Fsp3) is 0.714. The maximum absolute atomic E-state index is 11.0. The van der Waals surface area contributed by atoms with Gasteiger partial charge in [-0.2, -0.15) is 13.1 Å². The lowest BCUT2D eigenvalue weighted by Gasteiger charge is -2.13. The molecule has 9 heteroatoms. The Morgan fingerprint density at radius 1 is 1.44 bits per heavy atom. The van der Waals surface area contributed by atoms with Gasteiger partial charge in [-0.15, -0.1) is 0 Å². The number of rotatable bonds is 7. The lowest BCUT2D eigenvalue weighted by Crippen LogP contribution is -2.45. The Hall–Kier alpha value is -1.19. The third kappa shape index (κ3) is 5.63. The molecule has 0 fully saturated rings. The van der Waals surface area contributed by atoms with E-state index in [1.165, 1.54) is 0 Å². The molecule has 0 aliphatic rings. The van der Waals surface area contributed by atoms with Crippen LogP contribution in [0.3, 0.4) is 0 Å². The van der Waals surface area contributed by atoms with Crippen LogP contribution >= 0.6 is 0 Å². The molecule has 0 aliphatic carbocycles. The molecular formula is C7H14N2O6S. The van der Waals surface area contributed by atoms with E-state index in [1.807, 2.05) is 9.44 Å². The molecule has 0 saturated carbocycles. The van der Waals surface area contributed by atoms with Gasteiger partial charge in [0.1, 0.15) is 6.04 Å². The first-order valence-corrected chi connectivity index (χ1v) is 5.81. The van der Waals surface area contributed by atoms with Crippen molar-refractivity contribution < 1.29 is 27.9 Å². The highest BCUT2D eigenvalue weighted by atomic mass is 32.2. The summed E-state index contributed by atoms with van der Waals surface area (Å²) in [6, 6.07) is -1.36. The average molecular weight is 254 g/mol. The predicted octanol–water partition coefficient (Wildman–Crippen LogP) is -1.55. The molecule has 8 nitrogen and oxygen atoms in total. The maximum atomic E-state index is 11.0. The van der Waals surface area contributed by atoms with E-state index in [0.29, 0.717) is 0 Å². The van der Waals surface area contributed by atoms with E-state index >= 15 is 0 Å². The number of carboxylic acids is 1. The first kappa shape index (κ1) is 14.8. The average Bonchev–Trinajstić information content (AvgIpc) is 2.23. The summed E-state index contributed by atoms with van der Waals surface area (Å²) in [5.74, 6) is -1.96. The second-order valence-electron chi connectivity index (χ2n) is 2.83. The van der Waals surface area contributed by atoms with E-state index in [1.54, 1.807) is 0 Å². The van der Waals surface area contributed by atoms with E-state index in [9.17, 15) is 18.0 Å². The van der Waals surface area contributed by atoms with Gasteiger partial charge in [-0.05, 0) is 6.42 Å². The van der Waals surface area contributed by atoms with Crippen molar-refractivity contribution in [1.29, 1.82) is 0 Å². The lowest BCUT2D eigenvalue weighted by atomic mass is 10.2. The SMILES string of the molecule is CNS(=O)(=O)NC(CCC(=O)OC)C(=O)O. The van der Waals surface area contributed by atoms with Crippen molar-refractivity contribution in [2.75, 3.05) is 14.2 Å². The van der Waals surface area contributed by atoms with Crippen LogP contribution in [0.5, 0.6) is 0 Å². The van der Waals surface area contributed by atoms with E-state index in [4.69, 9.17) is 5.11 Å². The third-order valence-corrected chi connectivity index (χ3v) is 2.86. The number of ether oxygens (including phenoxy) is 1. The van der Waals surface area contributed by atoms with Crippen molar-refractivity contribution in [1.82, 2.24) is 9.44 Å². The van der Waals surface area contributed by atoms with Crippen LogP contribution < -0.4 is 9.44 Å². The number of nitrogens with one attached hydrogen (secondary N) is 2. The molecule has 0 saturated heterocycles. The van der Waals surface area contributed by atoms with Gasteiger partial charge in [-0.25, -0.2) is 4.72 Å². The number of carbonyl (C=O) groups is 2. The summed E-state index contributed by atoms with van der Waals surface area (Å²) in [5.41, 5.74) is 0. The molecule has 0 aliphatic heterocycles. The van der Waals surface area contributed by atoms with Crippen LogP contribution in [0.15, 0.2) is 0 Å². The molecule has 0 aromatic carbocycles. The fourth-order valence-electron chi connectivity index (χ4n) is 0.843. The zero-order valence-corrected chi connectivity index (χ0v) is 9.70. The van der Waals surface area contributed by atoms with Crippen LogP contribution in [-0.4, -0.2) is 45.7 Å². The minimum atomic E-state index is -3.85. The number of esters is 1. The highest BCUT2D eigenvalue weighted by Gasteiger charge is 2.23. The van der Waals surface area contributed by atoms with E-state index in [2.05, 4.69) is 4.74 Å². The Labute approximate surface area is 93.2 Å². The van der Waals surface area contributed by atoms with Gasteiger partial charge >= 0.3 is 11.9 Å². The summed E-state index contributed by atoms with van der Waals surface area (Å²) in [7, 11) is -1.55. The number of methoxy groups -OCH3 is 1. The maximum Gasteiger partial charge on any atom is 0.321 e. The second-order valence-corrected chi connectivity index (χ2v) is 4.48. The minimum Gasteiger partial charge on any atom is -0.480 e. The molecule has 0 amide bonds. The lowest BCUT2D eigenvalue weighted by molar-refractivity contribution is -0.142. The van der Waals surface area contributed by atoms with Crippen molar-refractivity contribution in [2.45, 2.75) is 18.9 Å². The second kappa shape index (κ2) is 6.40. The van der Waals surface area contributed by atoms with Gasteiger partial charge in [-0.3, -0.25) is 9.59 Å². The van der Waals surface area contributed by atoms with Gasteiger partial charge < -0.3 is 9.84 Å². The molecule has 0 bridgehead atoms. The zero-order chi connectivity index (χ0) is 12.8. The summed E-state index contributed by atoms with van der Waals surface area (Å²) < 4.78 is 30.2. The quantitative estimate of drug-likeness (QED) is 0.473. The number of aliphatic carboxylic acids is 1. The Morgan fingerprint density at radius 2 is 2.00 bits per heavy atom. The molecule has 3 N–H and O–H groups in total. The van der Waals surface area contributed by atoms with Crippen LogP contribution in [0.2, 0.25) is 0 Å². The number of hydrogen-bond acceptors (Lipinski definition) is 5. The number of carbonyl (C=O) groups excluding carboxylic acids is 1. The fourth-order valence-corrected chi connectivity index (χ4v) is 1.55. The van der Waals surface area contributed by atoms with Crippen molar-refractivity contribution in [2.24, 2.45) is 0 Å². The molecule has 0 heterocycles. The van der Waals surface area contributed by atoms with E-state index in [-0.39, 0.29) is 12.8 Å². The van der Waals surface area contributed by atoms with Gasteiger partial charge in [0.25, 0.3) is 10.2 Å². The van der Waals surface area contributed by atoms with E-state index in [0.717, 1.165) is 14.2 Å². The van der Waals surface area contributed by atoms with Crippen molar-refractivity contribution in [3.8, 4) is 0 Å². The topological polar surface area (TPSA) is 122 Å². The summed E-state index contributed by atoms with van der Waals surface area (Å²) in [6.45, 7) is 0. The summed E-state index contributed by atoms with van der Waals surface area (Å²) in [6.07, 6.45) is -0.359.